The molecule has 1 aromatic carbocycles. The molecule has 7 heteroatoms. The third-order valence-corrected chi connectivity index (χ3v) is 7.10. The molecule has 1 aromatic rings. The molecule has 0 atom stereocenters. The van der Waals surface area contributed by atoms with Crippen LogP contribution in [0, 0.1) is 5.92 Å². The molecule has 2 saturated heterocycles. The zero-order valence-electron chi connectivity index (χ0n) is 20.2. The van der Waals surface area contributed by atoms with Crippen LogP contribution in [0.3, 0.4) is 0 Å². The van der Waals surface area contributed by atoms with Crippen LogP contribution >= 0.6 is 15.9 Å². The molecule has 2 fully saturated rings. The molecule has 178 valence electrons. The van der Waals surface area contributed by atoms with Gasteiger partial charge in [0.05, 0.1) is 5.71 Å². The molecule has 2 heterocycles. The van der Waals surface area contributed by atoms with Crippen molar-refractivity contribution < 1.29 is 14.4 Å². The Morgan fingerprint density at radius 1 is 1.12 bits per heavy atom. The van der Waals surface area contributed by atoms with Crippen LogP contribution in [0.2, 0.25) is 0 Å². The molecule has 0 spiro atoms. The lowest BCUT2D eigenvalue weighted by atomic mass is 9.82. The van der Waals surface area contributed by atoms with Gasteiger partial charge in [0.15, 0.2) is 0 Å². The number of halogens is 1. The van der Waals surface area contributed by atoms with E-state index in [-0.39, 0.29) is 11.6 Å². The van der Waals surface area contributed by atoms with Crippen molar-refractivity contribution in [2.24, 2.45) is 11.1 Å². The lowest BCUT2D eigenvalue weighted by Crippen LogP contribution is -2.57. The van der Waals surface area contributed by atoms with Crippen molar-refractivity contribution in [2.75, 3.05) is 32.8 Å². The summed E-state index contributed by atoms with van der Waals surface area (Å²) in [7, 11) is 0. The van der Waals surface area contributed by atoms with Crippen molar-refractivity contribution in [1.29, 1.82) is 0 Å². The van der Waals surface area contributed by atoms with Gasteiger partial charge in [-0.3, -0.25) is 4.90 Å². The zero-order chi connectivity index (χ0) is 23.4. The van der Waals surface area contributed by atoms with E-state index in [0.717, 1.165) is 67.6 Å². The minimum Gasteiger partial charge on any atom is -0.444 e. The number of benzene rings is 1. The molecule has 0 radical (unpaired) electrons. The van der Waals surface area contributed by atoms with Gasteiger partial charge in [-0.1, -0.05) is 33.2 Å². The highest BCUT2D eigenvalue weighted by Gasteiger charge is 2.40. The Hall–Kier alpha value is -1.60. The maximum absolute atomic E-state index is 12.4. The number of nitrogens with zero attached hydrogens (tertiary/aromatic N) is 3. The molecule has 0 aromatic heterocycles. The van der Waals surface area contributed by atoms with E-state index in [0.29, 0.717) is 12.5 Å². The number of carbonyl (C=O) groups excluding carboxylic acids is 1. The largest absolute Gasteiger partial charge is 0.444 e. The molecule has 0 aliphatic carbocycles. The second kappa shape index (κ2) is 10.6. The first-order valence-corrected chi connectivity index (χ1v) is 12.6. The van der Waals surface area contributed by atoms with Gasteiger partial charge in [-0.25, -0.2) is 4.79 Å². The zero-order valence-corrected chi connectivity index (χ0v) is 21.8. The summed E-state index contributed by atoms with van der Waals surface area (Å²) in [6.45, 7) is 14.2. The topological polar surface area (TPSA) is 54.4 Å². The third-order valence-electron chi connectivity index (χ3n) is 6.57. The molecule has 0 N–H and O–H groups in total. The number of oxime groups is 1. The predicted molar refractivity (Wildman–Crippen MR) is 132 cm³/mol. The third kappa shape index (κ3) is 6.47. The van der Waals surface area contributed by atoms with E-state index in [1.54, 1.807) is 0 Å². The van der Waals surface area contributed by atoms with Gasteiger partial charge < -0.3 is 14.5 Å². The van der Waals surface area contributed by atoms with Crippen LogP contribution in [0.1, 0.15) is 65.9 Å². The van der Waals surface area contributed by atoms with Crippen molar-refractivity contribution >= 4 is 27.7 Å². The molecule has 2 aliphatic rings. The summed E-state index contributed by atoms with van der Waals surface area (Å²) in [5, 5.41) is 4.50. The summed E-state index contributed by atoms with van der Waals surface area (Å²) in [6, 6.07) is 8.35. The number of piperidine rings is 2. The Labute approximate surface area is 201 Å². The number of hydrogen-bond donors (Lipinski definition) is 0. The summed E-state index contributed by atoms with van der Waals surface area (Å²) in [5.41, 5.74) is 1.87. The SMILES string of the molecule is CCO/N=C(/c1ccc(Br)cc1)C1CCN(C2(C)CCN(C(=O)OC(C)(C)C)CC2)CC1. The highest BCUT2D eigenvalue weighted by molar-refractivity contribution is 9.10. The average Bonchev–Trinajstić information content (AvgIpc) is 2.75. The Bertz CT molecular complexity index is 788. The lowest BCUT2D eigenvalue weighted by Gasteiger charge is -2.49. The van der Waals surface area contributed by atoms with Crippen LogP contribution in [0.25, 0.3) is 0 Å². The average molecular weight is 509 g/mol. The molecule has 1 amide bonds. The van der Waals surface area contributed by atoms with Gasteiger partial charge in [0.25, 0.3) is 0 Å². The van der Waals surface area contributed by atoms with Gasteiger partial charge in [-0.05, 0) is 91.1 Å². The Morgan fingerprint density at radius 2 is 1.72 bits per heavy atom. The summed E-state index contributed by atoms with van der Waals surface area (Å²) in [4.78, 5) is 22.4. The first kappa shape index (κ1) is 25.0. The molecular formula is C25H38BrN3O3. The van der Waals surface area contributed by atoms with Crippen molar-refractivity contribution in [3.63, 3.8) is 0 Å². The van der Waals surface area contributed by atoms with Crippen LogP contribution in [-0.2, 0) is 9.57 Å². The summed E-state index contributed by atoms with van der Waals surface area (Å²) < 4.78 is 6.63. The van der Waals surface area contributed by atoms with E-state index < -0.39 is 5.60 Å². The summed E-state index contributed by atoms with van der Waals surface area (Å²) in [6.07, 6.45) is 3.89. The molecule has 3 rings (SSSR count). The van der Waals surface area contributed by atoms with Crippen molar-refractivity contribution in [3.8, 4) is 0 Å². The second-order valence-electron chi connectivity index (χ2n) is 10.1. The van der Waals surface area contributed by atoms with Crippen LogP contribution in [0.5, 0.6) is 0 Å². The number of amides is 1. The summed E-state index contributed by atoms with van der Waals surface area (Å²) in [5.74, 6) is 0.393. The summed E-state index contributed by atoms with van der Waals surface area (Å²) >= 11 is 3.52. The fourth-order valence-electron chi connectivity index (χ4n) is 4.62. The standard InChI is InChI=1S/C25H38BrN3O3/c1-6-31-27-22(19-7-9-21(26)10-8-19)20-11-15-29(16-12-20)25(5)13-17-28(18-14-25)23(30)32-24(2,3)4/h7-10,20H,6,11-18H2,1-5H3/b27-22-. The van der Waals surface area contributed by atoms with Crippen LogP contribution in [-0.4, -0.2) is 65.5 Å². The minimum absolute atomic E-state index is 0.123. The van der Waals surface area contributed by atoms with Gasteiger partial charge in [0, 0.05) is 29.0 Å². The van der Waals surface area contributed by atoms with Crippen LogP contribution in [0.15, 0.2) is 33.9 Å². The Balaban J connectivity index is 1.58. The van der Waals surface area contributed by atoms with Crippen molar-refractivity contribution in [2.45, 2.75) is 71.4 Å². The predicted octanol–water partition coefficient (Wildman–Crippen LogP) is 5.69. The Kier molecular flexibility index (Phi) is 8.26. The lowest BCUT2D eigenvalue weighted by molar-refractivity contribution is -0.00828. The van der Waals surface area contributed by atoms with E-state index in [1.165, 1.54) is 0 Å². The molecule has 0 bridgehead atoms. The molecule has 6 nitrogen and oxygen atoms in total. The minimum atomic E-state index is -0.449. The van der Waals surface area contributed by atoms with Gasteiger partial charge in [-0.2, -0.15) is 0 Å². The maximum atomic E-state index is 12.4. The van der Waals surface area contributed by atoms with Crippen molar-refractivity contribution in [3.05, 3.63) is 34.3 Å². The fraction of sp³-hybridized carbons (Fsp3) is 0.680. The maximum Gasteiger partial charge on any atom is 0.410 e. The van der Waals surface area contributed by atoms with Gasteiger partial charge in [-0.15, -0.1) is 0 Å². The van der Waals surface area contributed by atoms with E-state index in [2.05, 4.69) is 57.2 Å². The molecule has 0 unspecified atom stereocenters. The normalized spacial score (nSPS) is 20.8. The first-order valence-electron chi connectivity index (χ1n) is 11.8. The number of ether oxygens (including phenoxy) is 1. The second-order valence-corrected chi connectivity index (χ2v) is 11.0. The highest BCUT2D eigenvalue weighted by atomic mass is 79.9. The monoisotopic (exact) mass is 507 g/mol. The first-order chi connectivity index (χ1) is 15.1. The molecule has 0 saturated carbocycles. The number of hydrogen-bond acceptors (Lipinski definition) is 5. The number of carbonyl (C=O) groups is 1. The van der Waals surface area contributed by atoms with Crippen LogP contribution < -0.4 is 0 Å². The van der Waals surface area contributed by atoms with E-state index >= 15 is 0 Å². The van der Waals surface area contributed by atoms with Gasteiger partial charge >= 0.3 is 6.09 Å². The molecule has 32 heavy (non-hydrogen) atoms. The van der Waals surface area contributed by atoms with Gasteiger partial charge in [0.2, 0.25) is 0 Å². The van der Waals surface area contributed by atoms with Gasteiger partial charge in [0.1, 0.15) is 12.2 Å². The number of likely N-dealkylation sites (tertiary alicyclic amines) is 2. The Morgan fingerprint density at radius 3 is 2.25 bits per heavy atom. The highest BCUT2D eigenvalue weighted by Crippen LogP contribution is 2.34. The van der Waals surface area contributed by atoms with Crippen LogP contribution in [0.4, 0.5) is 4.79 Å². The molecule has 2 aliphatic heterocycles. The van der Waals surface area contributed by atoms with E-state index in [4.69, 9.17) is 9.57 Å². The molecular weight excluding hydrogens is 470 g/mol. The van der Waals surface area contributed by atoms with Crippen molar-refractivity contribution in [1.82, 2.24) is 9.80 Å². The van der Waals surface area contributed by atoms with E-state index in [1.807, 2.05) is 32.6 Å². The smallest absolute Gasteiger partial charge is 0.410 e. The quantitative estimate of drug-likeness (QED) is 0.379. The van der Waals surface area contributed by atoms with E-state index in [9.17, 15) is 4.79 Å². The fourth-order valence-corrected chi connectivity index (χ4v) is 4.89. The number of rotatable bonds is 5.